The van der Waals surface area contributed by atoms with E-state index in [0.717, 1.165) is 36.3 Å². The molecule has 1 aliphatic rings. The van der Waals surface area contributed by atoms with Crippen molar-refractivity contribution in [3.05, 3.63) is 53.1 Å². The zero-order chi connectivity index (χ0) is 16.9. The van der Waals surface area contributed by atoms with Crippen LogP contribution < -0.4 is 10.1 Å². The van der Waals surface area contributed by atoms with Gasteiger partial charge in [-0.1, -0.05) is 23.7 Å². The Balaban J connectivity index is 1.76. The van der Waals surface area contributed by atoms with Crippen molar-refractivity contribution in [2.45, 2.75) is 18.9 Å². The van der Waals surface area contributed by atoms with Crippen molar-refractivity contribution in [1.82, 2.24) is 5.32 Å². The van der Waals surface area contributed by atoms with Crippen molar-refractivity contribution in [2.75, 3.05) is 20.3 Å². The first-order chi connectivity index (χ1) is 11.7. The van der Waals surface area contributed by atoms with E-state index in [2.05, 4.69) is 5.32 Å². The third-order valence-corrected chi connectivity index (χ3v) is 4.26. The van der Waals surface area contributed by atoms with Gasteiger partial charge in [0.25, 0.3) is 5.91 Å². The predicted octanol–water partition coefficient (Wildman–Crippen LogP) is 3.92. The number of rotatable bonds is 5. The maximum atomic E-state index is 11.6. The molecule has 1 aliphatic heterocycles. The van der Waals surface area contributed by atoms with E-state index in [1.54, 1.807) is 25.2 Å². The zero-order valence-corrected chi connectivity index (χ0v) is 14.3. The van der Waals surface area contributed by atoms with Gasteiger partial charge in [-0.25, -0.2) is 0 Å². The fourth-order valence-electron chi connectivity index (χ4n) is 2.74. The summed E-state index contributed by atoms with van der Waals surface area (Å²) in [6.45, 7) is 1.35. The van der Waals surface area contributed by atoms with E-state index in [4.69, 9.17) is 21.1 Å². The highest BCUT2D eigenvalue weighted by Crippen LogP contribution is 2.29. The molecule has 1 unspecified atom stereocenters. The molecule has 0 bridgehead atoms. The Morgan fingerprint density at radius 2 is 2.04 bits per heavy atom. The predicted molar refractivity (Wildman–Crippen MR) is 94.7 cm³/mol. The van der Waals surface area contributed by atoms with Crippen LogP contribution in [0.5, 0.6) is 5.75 Å². The molecule has 4 nitrogen and oxygen atoms in total. The lowest BCUT2D eigenvalue weighted by Crippen LogP contribution is -2.17. The monoisotopic (exact) mass is 345 g/mol. The lowest BCUT2D eigenvalue weighted by molar-refractivity contribution is 0.0680. The highest BCUT2D eigenvalue weighted by Gasteiger charge is 2.16. The van der Waals surface area contributed by atoms with Crippen LogP contribution in [-0.4, -0.2) is 32.3 Å². The van der Waals surface area contributed by atoms with E-state index >= 15 is 0 Å². The summed E-state index contributed by atoms with van der Waals surface area (Å²) in [4.78, 5) is 11.6. The molecule has 2 aromatic carbocycles. The molecule has 2 aromatic rings. The van der Waals surface area contributed by atoms with Crippen LogP contribution >= 0.6 is 11.6 Å². The van der Waals surface area contributed by atoms with Gasteiger partial charge >= 0.3 is 0 Å². The van der Waals surface area contributed by atoms with E-state index in [0.29, 0.717) is 17.2 Å². The van der Waals surface area contributed by atoms with Gasteiger partial charge in [0.1, 0.15) is 12.4 Å². The van der Waals surface area contributed by atoms with Crippen LogP contribution in [0.3, 0.4) is 0 Å². The van der Waals surface area contributed by atoms with Crippen LogP contribution in [0.15, 0.2) is 42.5 Å². The minimum atomic E-state index is -0.103. The van der Waals surface area contributed by atoms with Gasteiger partial charge in [-0.2, -0.15) is 0 Å². The minimum Gasteiger partial charge on any atom is -0.491 e. The van der Waals surface area contributed by atoms with Crippen molar-refractivity contribution in [1.29, 1.82) is 0 Å². The SMILES string of the molecule is CNC(=O)c1ccc(-c2cc(Cl)cc(OCC3CCCO3)c2)cc1. The van der Waals surface area contributed by atoms with Gasteiger partial charge in [-0.05, 0) is 54.3 Å². The van der Waals surface area contributed by atoms with Gasteiger partial charge in [0, 0.05) is 24.2 Å². The summed E-state index contributed by atoms with van der Waals surface area (Å²) < 4.78 is 11.4. The lowest BCUT2D eigenvalue weighted by atomic mass is 10.0. The number of carbonyl (C=O) groups excluding carboxylic acids is 1. The molecule has 1 N–H and O–H groups in total. The van der Waals surface area contributed by atoms with Crippen molar-refractivity contribution in [2.24, 2.45) is 0 Å². The van der Waals surface area contributed by atoms with Gasteiger partial charge < -0.3 is 14.8 Å². The first-order valence-electron chi connectivity index (χ1n) is 8.03. The Hall–Kier alpha value is -2.04. The Kier molecular flexibility index (Phi) is 5.38. The van der Waals surface area contributed by atoms with E-state index in [-0.39, 0.29) is 12.0 Å². The van der Waals surface area contributed by atoms with Gasteiger partial charge in [-0.15, -0.1) is 0 Å². The van der Waals surface area contributed by atoms with Crippen LogP contribution in [-0.2, 0) is 4.74 Å². The number of hydrogen-bond donors (Lipinski definition) is 1. The van der Waals surface area contributed by atoms with Crippen LogP contribution in [0.4, 0.5) is 0 Å². The molecule has 0 aliphatic carbocycles. The Bertz CT molecular complexity index is 709. The molecule has 1 saturated heterocycles. The number of hydrogen-bond acceptors (Lipinski definition) is 3. The van der Waals surface area contributed by atoms with Crippen molar-refractivity contribution in [3.63, 3.8) is 0 Å². The molecule has 1 atom stereocenters. The smallest absolute Gasteiger partial charge is 0.251 e. The fourth-order valence-corrected chi connectivity index (χ4v) is 2.96. The molecular weight excluding hydrogens is 326 g/mol. The number of carbonyl (C=O) groups is 1. The molecule has 0 saturated carbocycles. The summed E-state index contributed by atoms with van der Waals surface area (Å²) in [6, 6.07) is 13.0. The van der Waals surface area contributed by atoms with Gasteiger partial charge in [0.05, 0.1) is 6.10 Å². The third kappa shape index (κ3) is 4.08. The summed E-state index contributed by atoms with van der Waals surface area (Å²) in [7, 11) is 1.62. The standard InChI is InChI=1S/C19H20ClNO3/c1-21-19(22)14-6-4-13(5-7-14)15-9-16(20)11-18(10-15)24-12-17-3-2-8-23-17/h4-7,9-11,17H,2-3,8,12H2,1H3,(H,21,22). The van der Waals surface area contributed by atoms with Crippen LogP contribution in [0.25, 0.3) is 11.1 Å². The summed E-state index contributed by atoms with van der Waals surface area (Å²) >= 11 is 6.22. The molecule has 1 heterocycles. The molecule has 0 aromatic heterocycles. The average molecular weight is 346 g/mol. The normalized spacial score (nSPS) is 16.8. The highest BCUT2D eigenvalue weighted by atomic mass is 35.5. The zero-order valence-electron chi connectivity index (χ0n) is 13.5. The number of halogens is 1. The maximum Gasteiger partial charge on any atom is 0.251 e. The largest absolute Gasteiger partial charge is 0.491 e. The topological polar surface area (TPSA) is 47.6 Å². The number of benzene rings is 2. The second kappa shape index (κ2) is 7.69. The Labute approximate surface area is 146 Å². The highest BCUT2D eigenvalue weighted by molar-refractivity contribution is 6.31. The molecule has 1 fully saturated rings. The van der Waals surface area contributed by atoms with E-state index in [1.165, 1.54) is 0 Å². The third-order valence-electron chi connectivity index (χ3n) is 4.04. The number of nitrogens with one attached hydrogen (secondary N) is 1. The van der Waals surface area contributed by atoms with Gasteiger partial charge in [0.15, 0.2) is 0 Å². The lowest BCUT2D eigenvalue weighted by Gasteiger charge is -2.13. The van der Waals surface area contributed by atoms with Crippen LogP contribution in [0, 0.1) is 0 Å². The Morgan fingerprint density at radius 3 is 2.71 bits per heavy atom. The molecular formula is C19H20ClNO3. The van der Waals surface area contributed by atoms with Crippen molar-refractivity contribution in [3.8, 4) is 16.9 Å². The van der Waals surface area contributed by atoms with Crippen molar-refractivity contribution < 1.29 is 14.3 Å². The maximum absolute atomic E-state index is 11.6. The Morgan fingerprint density at radius 1 is 1.25 bits per heavy atom. The van der Waals surface area contributed by atoms with Gasteiger partial charge in [-0.3, -0.25) is 4.79 Å². The van der Waals surface area contributed by atoms with Crippen molar-refractivity contribution >= 4 is 17.5 Å². The van der Waals surface area contributed by atoms with E-state index in [9.17, 15) is 4.79 Å². The first-order valence-corrected chi connectivity index (χ1v) is 8.41. The molecule has 1 amide bonds. The van der Waals surface area contributed by atoms with Crippen LogP contribution in [0.2, 0.25) is 5.02 Å². The summed E-state index contributed by atoms with van der Waals surface area (Å²) in [6.07, 6.45) is 2.29. The summed E-state index contributed by atoms with van der Waals surface area (Å²) in [5.74, 6) is 0.622. The average Bonchev–Trinajstić information content (AvgIpc) is 3.12. The number of ether oxygens (including phenoxy) is 2. The molecule has 5 heteroatoms. The second-order valence-electron chi connectivity index (χ2n) is 5.78. The first kappa shape index (κ1) is 16.8. The minimum absolute atomic E-state index is 0.103. The van der Waals surface area contributed by atoms with Crippen LogP contribution in [0.1, 0.15) is 23.2 Å². The molecule has 0 spiro atoms. The fraction of sp³-hybridized carbons (Fsp3) is 0.316. The summed E-state index contributed by atoms with van der Waals surface area (Å²) in [5.41, 5.74) is 2.55. The quantitative estimate of drug-likeness (QED) is 0.893. The molecule has 24 heavy (non-hydrogen) atoms. The number of amides is 1. The molecule has 3 rings (SSSR count). The van der Waals surface area contributed by atoms with E-state index in [1.807, 2.05) is 24.3 Å². The van der Waals surface area contributed by atoms with Gasteiger partial charge in [0.2, 0.25) is 0 Å². The molecule has 0 radical (unpaired) electrons. The summed E-state index contributed by atoms with van der Waals surface area (Å²) in [5, 5.41) is 3.23. The molecule has 126 valence electrons. The second-order valence-corrected chi connectivity index (χ2v) is 6.21. The van der Waals surface area contributed by atoms with E-state index < -0.39 is 0 Å².